The third kappa shape index (κ3) is 6.46. The van der Waals surface area contributed by atoms with E-state index in [4.69, 9.17) is 21.1 Å². The van der Waals surface area contributed by atoms with E-state index in [2.05, 4.69) is 30.5 Å². The van der Waals surface area contributed by atoms with Crippen molar-refractivity contribution in [1.82, 2.24) is 24.4 Å². The van der Waals surface area contributed by atoms with Crippen LogP contribution >= 0.6 is 11.6 Å². The van der Waals surface area contributed by atoms with Gasteiger partial charge in [0.15, 0.2) is 11.4 Å². The first-order valence-electron chi connectivity index (χ1n) is 12.7. The summed E-state index contributed by atoms with van der Waals surface area (Å²) in [5.41, 5.74) is -0.0500. The van der Waals surface area contributed by atoms with E-state index < -0.39 is 11.7 Å². The maximum absolute atomic E-state index is 13.7. The highest BCUT2D eigenvalue weighted by atomic mass is 35.5. The topological polar surface area (TPSA) is 106 Å². The Bertz CT molecular complexity index is 1590. The maximum Gasteiger partial charge on any atom is 0.416 e. The second-order valence-electron chi connectivity index (χ2n) is 9.72. The lowest BCUT2D eigenvalue weighted by Gasteiger charge is -2.20. The molecular weight excluding hydrogens is 563 g/mol. The van der Waals surface area contributed by atoms with Crippen molar-refractivity contribution in [3.63, 3.8) is 0 Å². The number of carbonyl (C=O) groups excluding carboxylic acids is 1. The molecule has 41 heavy (non-hydrogen) atoms. The number of hydrogen-bond acceptors (Lipinski definition) is 8. The van der Waals surface area contributed by atoms with E-state index in [1.54, 1.807) is 17.7 Å². The predicted octanol–water partition coefficient (Wildman–Crippen LogP) is 6.00. The van der Waals surface area contributed by atoms with Crippen LogP contribution in [0.25, 0.3) is 11.2 Å². The van der Waals surface area contributed by atoms with Crippen molar-refractivity contribution in [2.75, 3.05) is 30.8 Å². The monoisotopic (exact) mass is 589 g/mol. The number of carbonyl (C=O) groups is 1. The van der Waals surface area contributed by atoms with Crippen LogP contribution in [0.1, 0.15) is 25.3 Å². The molecule has 0 aliphatic carbocycles. The lowest BCUT2D eigenvalue weighted by molar-refractivity contribution is -0.137. The molecule has 1 atom stereocenters. The van der Waals surface area contributed by atoms with Gasteiger partial charge in [0.25, 0.3) is 0 Å². The van der Waals surface area contributed by atoms with Crippen molar-refractivity contribution in [1.29, 1.82) is 0 Å². The number of aromatic nitrogens is 4. The number of likely N-dealkylation sites (tertiary alicyclic amines) is 1. The van der Waals surface area contributed by atoms with Crippen LogP contribution in [0.15, 0.2) is 42.7 Å². The largest absolute Gasteiger partial charge is 0.492 e. The highest BCUT2D eigenvalue weighted by molar-refractivity contribution is 6.36. The Morgan fingerprint density at radius 3 is 2.68 bits per heavy atom. The average Bonchev–Trinajstić information content (AvgIpc) is 3.46. The number of anilines is 3. The number of nitrogens with zero attached hydrogens (tertiary/aromatic N) is 5. The summed E-state index contributed by atoms with van der Waals surface area (Å²) in [5, 5.41) is 5.70. The minimum absolute atomic E-state index is 0.101. The van der Waals surface area contributed by atoms with E-state index in [1.165, 1.54) is 31.5 Å². The molecule has 0 unspecified atom stereocenters. The van der Waals surface area contributed by atoms with Crippen LogP contribution < -0.4 is 20.1 Å². The highest BCUT2D eigenvalue weighted by Crippen LogP contribution is 2.38. The molecule has 0 bridgehead atoms. The summed E-state index contributed by atoms with van der Waals surface area (Å²) in [5.74, 6) is 0.889. The number of ether oxygens (including phenoxy) is 2. The third-order valence-corrected chi connectivity index (χ3v) is 7.04. The van der Waals surface area contributed by atoms with Gasteiger partial charge >= 0.3 is 6.18 Å². The third-order valence-electron chi connectivity index (χ3n) is 6.67. The van der Waals surface area contributed by atoms with Gasteiger partial charge in [0.05, 0.1) is 11.8 Å². The number of rotatable bonds is 8. The van der Waals surface area contributed by atoms with Crippen molar-refractivity contribution >= 4 is 46.1 Å². The number of halogens is 4. The molecule has 1 aliphatic rings. The lowest BCUT2D eigenvalue weighted by Crippen LogP contribution is -2.30. The Kier molecular flexibility index (Phi) is 7.91. The molecule has 10 nitrogen and oxygen atoms in total. The summed E-state index contributed by atoms with van der Waals surface area (Å²) in [4.78, 5) is 26.3. The number of fused-ring (bicyclic) bond motifs is 1. The van der Waals surface area contributed by atoms with Gasteiger partial charge in [-0.1, -0.05) is 11.6 Å². The molecule has 3 aromatic heterocycles. The Morgan fingerprint density at radius 2 is 1.98 bits per heavy atom. The molecule has 0 spiro atoms. The predicted molar refractivity (Wildman–Crippen MR) is 148 cm³/mol. The van der Waals surface area contributed by atoms with Gasteiger partial charge in [-0.25, -0.2) is 9.97 Å². The van der Waals surface area contributed by atoms with Crippen molar-refractivity contribution in [3.05, 3.63) is 53.3 Å². The number of hydrogen-bond donors (Lipinski definition) is 2. The van der Waals surface area contributed by atoms with Gasteiger partial charge < -0.3 is 29.6 Å². The van der Waals surface area contributed by atoms with Crippen LogP contribution in [0.4, 0.5) is 30.6 Å². The van der Waals surface area contributed by atoms with Crippen molar-refractivity contribution in [2.24, 2.45) is 7.05 Å². The minimum Gasteiger partial charge on any atom is -0.492 e. The average molecular weight is 590 g/mol. The first-order chi connectivity index (χ1) is 19.5. The number of benzene rings is 1. The normalized spacial score (nSPS) is 15.7. The smallest absolute Gasteiger partial charge is 0.416 e. The van der Waals surface area contributed by atoms with E-state index in [9.17, 15) is 18.0 Å². The molecule has 2 N–H and O–H groups in total. The zero-order chi connectivity index (χ0) is 29.3. The van der Waals surface area contributed by atoms with Crippen LogP contribution in [0.3, 0.4) is 0 Å². The molecule has 1 aromatic carbocycles. The van der Waals surface area contributed by atoms with Gasteiger partial charge in [0.1, 0.15) is 34.5 Å². The summed E-state index contributed by atoms with van der Waals surface area (Å²) in [6.07, 6.45) is 0.228. The number of nitrogens with one attached hydrogen (secondary N) is 2. The number of imidazole rings is 1. The second kappa shape index (κ2) is 11.4. The second-order valence-corrected chi connectivity index (χ2v) is 10.1. The fourth-order valence-corrected chi connectivity index (χ4v) is 4.87. The van der Waals surface area contributed by atoms with Crippen molar-refractivity contribution in [3.8, 4) is 17.2 Å². The Balaban J connectivity index is 1.41. The highest BCUT2D eigenvalue weighted by Gasteiger charge is 2.32. The zero-order valence-corrected chi connectivity index (χ0v) is 23.2. The molecule has 0 saturated carbocycles. The summed E-state index contributed by atoms with van der Waals surface area (Å²) >= 11 is 6.65. The summed E-state index contributed by atoms with van der Waals surface area (Å²) in [7, 11) is 3.62. The lowest BCUT2D eigenvalue weighted by atomic mass is 10.1. The fourth-order valence-electron chi connectivity index (χ4n) is 4.58. The molecule has 5 rings (SSSR count). The van der Waals surface area contributed by atoms with Crippen LogP contribution in [0.5, 0.6) is 17.2 Å². The molecule has 1 aliphatic heterocycles. The van der Waals surface area contributed by atoms with E-state index in [1.807, 2.05) is 7.05 Å². The Morgan fingerprint density at radius 1 is 1.17 bits per heavy atom. The summed E-state index contributed by atoms with van der Waals surface area (Å²) < 4.78 is 54.4. The number of pyridine rings is 2. The van der Waals surface area contributed by atoms with Crippen molar-refractivity contribution in [2.45, 2.75) is 32.0 Å². The van der Waals surface area contributed by atoms with Gasteiger partial charge in [-0.2, -0.15) is 18.2 Å². The van der Waals surface area contributed by atoms with Gasteiger partial charge in [-0.05, 0) is 44.6 Å². The number of alkyl halides is 3. The quantitative estimate of drug-likeness (QED) is 0.258. The van der Waals surface area contributed by atoms with Gasteiger partial charge in [0, 0.05) is 44.0 Å². The zero-order valence-electron chi connectivity index (χ0n) is 22.4. The molecule has 1 saturated heterocycles. The van der Waals surface area contributed by atoms with Gasteiger partial charge in [-0.15, -0.1) is 0 Å². The number of amides is 1. The van der Waals surface area contributed by atoms with Crippen LogP contribution in [0, 0.1) is 0 Å². The molecule has 0 radical (unpaired) electrons. The SMILES string of the molecule is CC(=O)Nc1cc(Oc2cnc3nc(Nc4cc(OC[C@@H]5CCCN5C)cc(C(F)(F)F)c4)n(C)c3c2Cl)ccn1. The summed E-state index contributed by atoms with van der Waals surface area (Å²) in [6, 6.07) is 6.75. The maximum atomic E-state index is 13.7. The van der Waals surface area contributed by atoms with E-state index in [0.29, 0.717) is 17.1 Å². The first-order valence-corrected chi connectivity index (χ1v) is 13.1. The number of likely N-dealkylation sites (N-methyl/N-ethyl adjacent to an activating group) is 1. The van der Waals surface area contributed by atoms with Crippen LogP contribution in [-0.4, -0.2) is 56.6 Å². The molecule has 14 heteroatoms. The standard InChI is InChI=1S/C27H27ClF3N7O3/c1-15(39)34-22-12-19(6-7-32-22)41-21-13-33-25-24(23(21)28)38(3)26(36-25)35-17-9-16(27(29,30)31)10-20(11-17)40-14-18-5-4-8-37(18)2/h6-7,9-13,18H,4-5,8,14H2,1-3H3,(H,32,34,39)(H,33,35,36)/t18-/m0/s1. The van der Waals surface area contributed by atoms with E-state index >= 15 is 0 Å². The van der Waals surface area contributed by atoms with Crippen molar-refractivity contribution < 1.29 is 27.4 Å². The molecular formula is C27H27ClF3N7O3. The number of aryl methyl sites for hydroxylation is 1. The molecule has 1 fully saturated rings. The molecule has 4 aromatic rings. The Hall–Kier alpha value is -4.10. The minimum atomic E-state index is -4.57. The van der Waals surface area contributed by atoms with E-state index in [-0.39, 0.29) is 52.4 Å². The van der Waals surface area contributed by atoms with Crippen LogP contribution in [0.2, 0.25) is 5.02 Å². The van der Waals surface area contributed by atoms with Gasteiger partial charge in [-0.3, -0.25) is 4.79 Å². The first kappa shape index (κ1) is 28.4. The summed E-state index contributed by atoms with van der Waals surface area (Å²) in [6.45, 7) is 2.58. The van der Waals surface area contributed by atoms with Gasteiger partial charge in [0.2, 0.25) is 11.9 Å². The molecule has 216 valence electrons. The molecule has 1 amide bonds. The fraction of sp³-hybridized carbons (Fsp3) is 0.333. The molecule has 4 heterocycles. The van der Waals surface area contributed by atoms with E-state index in [0.717, 1.165) is 31.5 Å². The Labute approximate surface area is 238 Å². The van der Waals surface area contributed by atoms with Crippen LogP contribution in [-0.2, 0) is 18.0 Å².